The molecule has 0 N–H and O–H groups in total. The number of nitrogens with zero attached hydrogens (tertiary/aromatic N) is 1. The third-order valence-corrected chi connectivity index (χ3v) is 1.11. The predicted octanol–water partition coefficient (Wildman–Crippen LogP) is -0.183. The summed E-state index contributed by atoms with van der Waals surface area (Å²) in [6, 6.07) is 0. The monoisotopic (exact) mass is 167 g/mol. The summed E-state index contributed by atoms with van der Waals surface area (Å²) < 4.78 is 8.93. The summed E-state index contributed by atoms with van der Waals surface area (Å²) >= 11 is 0. The van der Waals surface area contributed by atoms with Gasteiger partial charge in [0.05, 0.1) is 13.4 Å². The van der Waals surface area contributed by atoms with Crippen LogP contribution in [0.3, 0.4) is 0 Å². The maximum Gasteiger partial charge on any atom is 0.356 e. The lowest BCUT2D eigenvalue weighted by Crippen LogP contribution is -2.15. The summed E-state index contributed by atoms with van der Waals surface area (Å²) in [6.07, 6.45) is 2.46. The van der Waals surface area contributed by atoms with Crippen LogP contribution in [0.5, 0.6) is 0 Å². The van der Waals surface area contributed by atoms with Crippen LogP contribution in [-0.2, 0) is 19.1 Å². The summed E-state index contributed by atoms with van der Waals surface area (Å²) in [4.78, 5) is 24.4. The Balaban J connectivity index is 2.91. The summed E-state index contributed by atoms with van der Waals surface area (Å²) in [5, 5.41) is 0. The molecule has 0 aromatic carbocycles. The highest BCUT2D eigenvalue weighted by Crippen LogP contribution is 2.04. The molecular formula is C7H5NO4. The SMILES string of the molecule is COC(=O)C1=NC(=C=O)OC=C1. The molecule has 0 aromatic heterocycles. The predicted molar refractivity (Wildman–Crippen MR) is 38.9 cm³/mol. The highest BCUT2D eigenvalue weighted by atomic mass is 16.5. The number of methoxy groups -OCH3 is 1. The first-order valence-corrected chi connectivity index (χ1v) is 3.03. The molecule has 1 heterocycles. The Morgan fingerprint density at radius 2 is 2.50 bits per heavy atom. The Bertz CT molecular complexity index is 309. The molecule has 0 aromatic rings. The van der Waals surface area contributed by atoms with E-state index < -0.39 is 5.97 Å². The largest absolute Gasteiger partial charge is 0.464 e. The Labute approximate surface area is 68.0 Å². The third-order valence-electron chi connectivity index (χ3n) is 1.11. The number of hydrogen-bond donors (Lipinski definition) is 0. The van der Waals surface area contributed by atoms with E-state index in [1.54, 1.807) is 0 Å². The molecule has 5 nitrogen and oxygen atoms in total. The van der Waals surface area contributed by atoms with E-state index in [2.05, 4.69) is 14.5 Å². The Hall–Kier alpha value is -1.87. The van der Waals surface area contributed by atoms with Crippen molar-refractivity contribution in [1.29, 1.82) is 0 Å². The number of rotatable bonds is 1. The number of aliphatic imine (C=N–C) groups is 1. The van der Waals surface area contributed by atoms with E-state index in [4.69, 9.17) is 0 Å². The zero-order valence-corrected chi connectivity index (χ0v) is 6.23. The molecule has 12 heavy (non-hydrogen) atoms. The van der Waals surface area contributed by atoms with Gasteiger partial charge in [-0.3, -0.25) is 0 Å². The van der Waals surface area contributed by atoms with Crippen molar-refractivity contribution in [2.45, 2.75) is 0 Å². The van der Waals surface area contributed by atoms with Gasteiger partial charge in [0.1, 0.15) is 0 Å². The molecule has 5 heteroatoms. The number of ether oxygens (including phenoxy) is 2. The van der Waals surface area contributed by atoms with Crippen molar-refractivity contribution in [3.05, 3.63) is 18.2 Å². The van der Waals surface area contributed by atoms with E-state index in [9.17, 15) is 9.59 Å². The van der Waals surface area contributed by atoms with Crippen LogP contribution in [0.4, 0.5) is 0 Å². The molecular weight excluding hydrogens is 162 g/mol. The molecule has 0 radical (unpaired) electrons. The first-order chi connectivity index (χ1) is 5.77. The van der Waals surface area contributed by atoms with Crippen LogP contribution in [0.15, 0.2) is 23.2 Å². The second-order valence-electron chi connectivity index (χ2n) is 1.82. The van der Waals surface area contributed by atoms with Gasteiger partial charge in [-0.2, -0.15) is 4.99 Å². The molecule has 0 bridgehead atoms. The molecule has 1 aliphatic rings. The maximum absolute atomic E-state index is 10.8. The second kappa shape index (κ2) is 3.50. The number of carbonyl (C=O) groups is 1. The van der Waals surface area contributed by atoms with Crippen LogP contribution < -0.4 is 0 Å². The average Bonchev–Trinajstić information content (AvgIpc) is 2.17. The van der Waals surface area contributed by atoms with Gasteiger partial charge in [0.15, 0.2) is 11.7 Å². The van der Waals surface area contributed by atoms with E-state index in [1.165, 1.54) is 25.4 Å². The maximum atomic E-state index is 10.8. The van der Waals surface area contributed by atoms with Crippen molar-refractivity contribution >= 4 is 17.6 Å². The van der Waals surface area contributed by atoms with Gasteiger partial charge >= 0.3 is 11.9 Å². The Morgan fingerprint density at radius 1 is 1.75 bits per heavy atom. The van der Waals surface area contributed by atoms with Gasteiger partial charge in [-0.25, -0.2) is 9.59 Å². The zero-order chi connectivity index (χ0) is 8.97. The average molecular weight is 167 g/mol. The lowest BCUT2D eigenvalue weighted by molar-refractivity contribution is -0.132. The Morgan fingerprint density at radius 3 is 3.08 bits per heavy atom. The molecule has 0 atom stereocenters. The molecule has 0 saturated heterocycles. The first kappa shape index (κ1) is 8.23. The molecule has 0 saturated carbocycles. The van der Waals surface area contributed by atoms with Crippen molar-refractivity contribution < 1.29 is 19.1 Å². The number of hydrogen-bond acceptors (Lipinski definition) is 5. The number of esters is 1. The summed E-state index contributed by atoms with van der Waals surface area (Å²) in [6.45, 7) is 0. The minimum atomic E-state index is -0.623. The van der Waals surface area contributed by atoms with Crippen LogP contribution in [0.2, 0.25) is 0 Å². The minimum Gasteiger partial charge on any atom is -0.464 e. The van der Waals surface area contributed by atoms with Crippen molar-refractivity contribution in [3.8, 4) is 0 Å². The van der Waals surface area contributed by atoms with E-state index in [0.717, 1.165) is 0 Å². The lowest BCUT2D eigenvalue weighted by Gasteiger charge is -2.04. The molecule has 1 aliphatic heterocycles. The van der Waals surface area contributed by atoms with E-state index in [1.807, 2.05) is 0 Å². The smallest absolute Gasteiger partial charge is 0.356 e. The van der Waals surface area contributed by atoms with Crippen molar-refractivity contribution in [3.63, 3.8) is 0 Å². The molecule has 0 unspecified atom stereocenters. The molecule has 0 spiro atoms. The molecule has 0 amide bonds. The van der Waals surface area contributed by atoms with Gasteiger partial charge in [0.2, 0.25) is 0 Å². The fraction of sp³-hybridized carbons (Fsp3) is 0.143. The highest BCUT2D eigenvalue weighted by molar-refractivity contribution is 6.41. The summed E-state index contributed by atoms with van der Waals surface area (Å²) in [7, 11) is 1.22. The molecule has 62 valence electrons. The van der Waals surface area contributed by atoms with Gasteiger partial charge in [0, 0.05) is 6.08 Å². The minimum absolute atomic E-state index is 0.0158. The first-order valence-electron chi connectivity index (χ1n) is 3.03. The molecule has 1 rings (SSSR count). The standard InChI is InChI=1S/C7H5NO4/c1-11-7(10)5-2-3-12-6(4-9)8-5/h2-3H,1H3. The van der Waals surface area contributed by atoms with E-state index >= 15 is 0 Å². The van der Waals surface area contributed by atoms with Gasteiger partial charge in [-0.15, -0.1) is 0 Å². The fourth-order valence-electron chi connectivity index (χ4n) is 0.601. The van der Waals surface area contributed by atoms with Crippen LogP contribution >= 0.6 is 0 Å². The zero-order valence-electron chi connectivity index (χ0n) is 6.23. The van der Waals surface area contributed by atoms with Gasteiger partial charge in [0.25, 0.3) is 0 Å². The van der Waals surface area contributed by atoms with Crippen LogP contribution in [0.25, 0.3) is 0 Å². The Kier molecular flexibility index (Phi) is 2.40. The molecule has 0 aliphatic carbocycles. The summed E-state index contributed by atoms with van der Waals surface area (Å²) in [5.74, 6) is 0.508. The van der Waals surface area contributed by atoms with Gasteiger partial charge in [-0.05, 0) is 0 Å². The van der Waals surface area contributed by atoms with Gasteiger partial charge in [-0.1, -0.05) is 0 Å². The summed E-state index contributed by atoms with van der Waals surface area (Å²) in [5.41, 5.74) is 0.0158. The molecule has 0 fully saturated rings. The van der Waals surface area contributed by atoms with Crippen molar-refractivity contribution in [1.82, 2.24) is 0 Å². The third kappa shape index (κ3) is 1.59. The number of carbonyl (C=O) groups excluding carboxylic acids is 2. The van der Waals surface area contributed by atoms with E-state index in [-0.39, 0.29) is 11.6 Å². The van der Waals surface area contributed by atoms with Gasteiger partial charge < -0.3 is 9.47 Å². The van der Waals surface area contributed by atoms with Crippen LogP contribution in [0, 0.1) is 0 Å². The fourth-order valence-corrected chi connectivity index (χ4v) is 0.601. The van der Waals surface area contributed by atoms with Crippen molar-refractivity contribution in [2.24, 2.45) is 4.99 Å². The normalized spacial score (nSPS) is 14.4. The van der Waals surface area contributed by atoms with Crippen molar-refractivity contribution in [2.75, 3.05) is 7.11 Å². The lowest BCUT2D eigenvalue weighted by atomic mass is 10.3. The quantitative estimate of drug-likeness (QED) is 0.401. The van der Waals surface area contributed by atoms with E-state index in [0.29, 0.717) is 0 Å². The highest BCUT2D eigenvalue weighted by Gasteiger charge is 2.13. The second-order valence-corrected chi connectivity index (χ2v) is 1.82. The van der Waals surface area contributed by atoms with Crippen LogP contribution in [0.1, 0.15) is 0 Å². The van der Waals surface area contributed by atoms with Crippen LogP contribution in [-0.4, -0.2) is 24.7 Å². The topological polar surface area (TPSA) is 65.0 Å².